The van der Waals surface area contributed by atoms with Crippen molar-refractivity contribution in [1.29, 1.82) is 0 Å². The van der Waals surface area contributed by atoms with Crippen molar-refractivity contribution in [2.45, 2.75) is 19.0 Å². The first kappa shape index (κ1) is 16.3. The SMILES string of the molecule is NC(Cc1ccccc1)c1nc(C(=O)NCc2cccnc2)cs1. The highest BCUT2D eigenvalue weighted by Crippen LogP contribution is 2.20. The molecule has 0 spiro atoms. The largest absolute Gasteiger partial charge is 0.347 e. The maximum atomic E-state index is 12.2. The summed E-state index contributed by atoms with van der Waals surface area (Å²) in [5, 5.41) is 5.36. The first-order chi connectivity index (χ1) is 11.7. The number of nitrogens with one attached hydrogen (secondary N) is 1. The van der Waals surface area contributed by atoms with Gasteiger partial charge in [-0.15, -0.1) is 11.3 Å². The number of hydrogen-bond acceptors (Lipinski definition) is 5. The van der Waals surface area contributed by atoms with E-state index in [1.807, 2.05) is 42.5 Å². The molecule has 2 aromatic heterocycles. The predicted octanol–water partition coefficient (Wildman–Crippen LogP) is 2.71. The molecule has 1 unspecified atom stereocenters. The van der Waals surface area contributed by atoms with Crippen molar-refractivity contribution < 1.29 is 4.79 Å². The molecule has 122 valence electrons. The highest BCUT2D eigenvalue weighted by atomic mass is 32.1. The predicted molar refractivity (Wildman–Crippen MR) is 94.6 cm³/mol. The van der Waals surface area contributed by atoms with Crippen molar-refractivity contribution in [2.75, 3.05) is 0 Å². The molecule has 0 saturated heterocycles. The zero-order valence-electron chi connectivity index (χ0n) is 13.1. The van der Waals surface area contributed by atoms with Gasteiger partial charge in [0.25, 0.3) is 5.91 Å². The van der Waals surface area contributed by atoms with Crippen LogP contribution in [0.5, 0.6) is 0 Å². The molecule has 24 heavy (non-hydrogen) atoms. The zero-order chi connectivity index (χ0) is 16.8. The third-order valence-corrected chi connectivity index (χ3v) is 4.52. The molecule has 0 radical (unpaired) electrons. The van der Waals surface area contributed by atoms with Crippen molar-refractivity contribution in [2.24, 2.45) is 5.73 Å². The van der Waals surface area contributed by atoms with Gasteiger partial charge in [-0.25, -0.2) is 4.98 Å². The van der Waals surface area contributed by atoms with Crippen LogP contribution in [0.15, 0.2) is 60.2 Å². The van der Waals surface area contributed by atoms with E-state index in [2.05, 4.69) is 15.3 Å². The molecular formula is C18H18N4OS. The molecule has 0 aliphatic rings. The number of hydrogen-bond donors (Lipinski definition) is 2. The van der Waals surface area contributed by atoms with Gasteiger partial charge in [-0.1, -0.05) is 36.4 Å². The normalized spacial score (nSPS) is 11.9. The summed E-state index contributed by atoms with van der Waals surface area (Å²) in [5.41, 5.74) is 8.72. The lowest BCUT2D eigenvalue weighted by Crippen LogP contribution is -2.23. The molecule has 0 fully saturated rings. The Balaban J connectivity index is 1.59. The average molecular weight is 338 g/mol. The number of amides is 1. The Bertz CT molecular complexity index is 789. The third kappa shape index (κ3) is 4.24. The molecule has 1 atom stereocenters. The van der Waals surface area contributed by atoms with Gasteiger partial charge in [0.1, 0.15) is 10.7 Å². The summed E-state index contributed by atoms with van der Waals surface area (Å²) in [6.45, 7) is 0.426. The maximum absolute atomic E-state index is 12.2. The van der Waals surface area contributed by atoms with E-state index in [1.54, 1.807) is 17.8 Å². The highest BCUT2D eigenvalue weighted by Gasteiger charge is 2.15. The molecule has 5 nitrogen and oxygen atoms in total. The maximum Gasteiger partial charge on any atom is 0.271 e. The minimum atomic E-state index is -0.211. The summed E-state index contributed by atoms with van der Waals surface area (Å²) in [6, 6.07) is 13.6. The molecular weight excluding hydrogens is 320 g/mol. The van der Waals surface area contributed by atoms with Gasteiger partial charge < -0.3 is 11.1 Å². The zero-order valence-corrected chi connectivity index (χ0v) is 13.9. The van der Waals surface area contributed by atoms with Crippen LogP contribution < -0.4 is 11.1 Å². The molecule has 0 saturated carbocycles. The highest BCUT2D eigenvalue weighted by molar-refractivity contribution is 7.09. The summed E-state index contributed by atoms with van der Waals surface area (Å²) < 4.78 is 0. The van der Waals surface area contributed by atoms with Crippen molar-refractivity contribution >= 4 is 17.2 Å². The first-order valence-corrected chi connectivity index (χ1v) is 8.52. The minimum Gasteiger partial charge on any atom is -0.347 e. The van der Waals surface area contributed by atoms with Gasteiger partial charge in [0.15, 0.2) is 0 Å². The van der Waals surface area contributed by atoms with E-state index in [0.29, 0.717) is 18.7 Å². The molecule has 3 N–H and O–H groups in total. The van der Waals surface area contributed by atoms with Crippen LogP contribution in [0.25, 0.3) is 0 Å². The molecule has 3 rings (SSSR count). The number of thiazole rings is 1. The summed E-state index contributed by atoms with van der Waals surface area (Å²) in [4.78, 5) is 20.6. The standard InChI is InChI=1S/C18H18N4OS/c19-15(9-13-5-2-1-3-6-13)18-22-16(12-24-18)17(23)21-11-14-7-4-8-20-10-14/h1-8,10,12,15H,9,11,19H2,(H,21,23). The number of aromatic nitrogens is 2. The number of nitrogens with zero attached hydrogens (tertiary/aromatic N) is 2. The van der Waals surface area contributed by atoms with E-state index in [-0.39, 0.29) is 11.9 Å². The quantitative estimate of drug-likeness (QED) is 0.724. The Kier molecular flexibility index (Phi) is 5.30. The van der Waals surface area contributed by atoms with E-state index in [0.717, 1.165) is 16.1 Å². The van der Waals surface area contributed by atoms with Crippen LogP contribution in [0.2, 0.25) is 0 Å². The van der Waals surface area contributed by atoms with Crippen LogP contribution in [0.3, 0.4) is 0 Å². The summed E-state index contributed by atoms with van der Waals surface area (Å²) in [7, 11) is 0. The molecule has 1 amide bonds. The van der Waals surface area contributed by atoms with Gasteiger partial charge in [0, 0.05) is 24.3 Å². The minimum absolute atomic E-state index is 0.201. The van der Waals surface area contributed by atoms with Crippen LogP contribution >= 0.6 is 11.3 Å². The first-order valence-electron chi connectivity index (χ1n) is 7.64. The fourth-order valence-electron chi connectivity index (χ4n) is 2.29. The van der Waals surface area contributed by atoms with E-state index in [9.17, 15) is 4.79 Å². The van der Waals surface area contributed by atoms with Crippen LogP contribution in [-0.2, 0) is 13.0 Å². The van der Waals surface area contributed by atoms with E-state index in [4.69, 9.17) is 5.73 Å². The summed E-state index contributed by atoms with van der Waals surface area (Å²) in [5.74, 6) is -0.201. The average Bonchev–Trinajstić information content (AvgIpc) is 3.12. The fourth-order valence-corrected chi connectivity index (χ4v) is 3.09. The van der Waals surface area contributed by atoms with E-state index in [1.165, 1.54) is 11.3 Å². The lowest BCUT2D eigenvalue weighted by Gasteiger charge is -2.08. The van der Waals surface area contributed by atoms with Gasteiger partial charge in [0.05, 0.1) is 6.04 Å². The lowest BCUT2D eigenvalue weighted by molar-refractivity contribution is 0.0946. The number of nitrogens with two attached hydrogens (primary N) is 1. The van der Waals surface area contributed by atoms with Crippen molar-refractivity contribution in [1.82, 2.24) is 15.3 Å². The van der Waals surface area contributed by atoms with E-state index < -0.39 is 0 Å². The number of carbonyl (C=O) groups is 1. The summed E-state index contributed by atoms with van der Waals surface area (Å²) >= 11 is 1.42. The van der Waals surface area contributed by atoms with Crippen LogP contribution in [0, 0.1) is 0 Å². The Morgan fingerprint density at radius 1 is 1.17 bits per heavy atom. The molecule has 0 aliphatic heterocycles. The topological polar surface area (TPSA) is 80.9 Å². The molecule has 0 bridgehead atoms. The van der Waals surface area contributed by atoms with Gasteiger partial charge in [-0.3, -0.25) is 9.78 Å². The molecule has 2 heterocycles. The lowest BCUT2D eigenvalue weighted by atomic mass is 10.1. The van der Waals surface area contributed by atoms with Crippen LogP contribution in [-0.4, -0.2) is 15.9 Å². The molecule has 6 heteroatoms. The van der Waals surface area contributed by atoms with Crippen LogP contribution in [0.1, 0.15) is 32.7 Å². The Morgan fingerprint density at radius 2 is 1.96 bits per heavy atom. The number of rotatable bonds is 6. The second kappa shape index (κ2) is 7.81. The molecule has 3 aromatic rings. The fraction of sp³-hybridized carbons (Fsp3) is 0.167. The van der Waals surface area contributed by atoms with Gasteiger partial charge >= 0.3 is 0 Å². The van der Waals surface area contributed by atoms with Crippen LogP contribution in [0.4, 0.5) is 0 Å². The Labute approximate surface area is 144 Å². The molecule has 1 aromatic carbocycles. The van der Waals surface area contributed by atoms with Gasteiger partial charge in [0.2, 0.25) is 0 Å². The number of pyridine rings is 1. The van der Waals surface area contributed by atoms with Gasteiger partial charge in [-0.05, 0) is 23.6 Å². The smallest absolute Gasteiger partial charge is 0.271 e. The molecule has 0 aliphatic carbocycles. The second-order valence-electron chi connectivity index (χ2n) is 5.41. The number of benzene rings is 1. The van der Waals surface area contributed by atoms with Crippen molar-refractivity contribution in [3.63, 3.8) is 0 Å². The third-order valence-electron chi connectivity index (χ3n) is 3.55. The Morgan fingerprint density at radius 3 is 2.71 bits per heavy atom. The summed E-state index contributed by atoms with van der Waals surface area (Å²) in [6.07, 6.45) is 4.12. The van der Waals surface area contributed by atoms with Crippen molar-refractivity contribution in [3.8, 4) is 0 Å². The number of carbonyl (C=O) groups excluding carboxylic acids is 1. The monoisotopic (exact) mass is 338 g/mol. The van der Waals surface area contributed by atoms with Gasteiger partial charge in [-0.2, -0.15) is 0 Å². The second-order valence-corrected chi connectivity index (χ2v) is 6.30. The Hall–Kier alpha value is -2.57. The van der Waals surface area contributed by atoms with E-state index >= 15 is 0 Å². The van der Waals surface area contributed by atoms with Crippen molar-refractivity contribution in [3.05, 3.63) is 82.1 Å².